The van der Waals surface area contributed by atoms with Crippen LogP contribution in [0.25, 0.3) is 0 Å². The summed E-state index contributed by atoms with van der Waals surface area (Å²) in [6.07, 6.45) is 6.20. The van der Waals surface area contributed by atoms with E-state index in [9.17, 15) is 9.59 Å². The maximum Gasteiger partial charge on any atom is 0.163 e. The van der Waals surface area contributed by atoms with Gasteiger partial charge in [0.15, 0.2) is 11.6 Å². The second-order valence-electron chi connectivity index (χ2n) is 4.92. The average molecular weight is 329 g/mol. The van der Waals surface area contributed by atoms with Gasteiger partial charge in [0.1, 0.15) is 5.75 Å². The number of hydrogen-bond donors (Lipinski definition) is 1. The molecule has 0 saturated carbocycles. The standard InChI is InChI=1S/C18H19NO3S/c1-2-3-13(8-9-19)15(20)5-6-16(21)14-4-7-18-17(12-14)22-10-11-23-18/h2-4,7-9,12H,1,5-6,10-11,19H2/b9-8-,13-3+. The highest BCUT2D eigenvalue weighted by Gasteiger charge is 2.16. The minimum Gasteiger partial charge on any atom is -0.492 e. The summed E-state index contributed by atoms with van der Waals surface area (Å²) in [5.74, 6) is 1.46. The normalized spacial score (nSPS) is 14.2. The summed E-state index contributed by atoms with van der Waals surface area (Å²) in [5.41, 5.74) is 6.34. The lowest BCUT2D eigenvalue weighted by molar-refractivity contribution is -0.115. The van der Waals surface area contributed by atoms with Crippen molar-refractivity contribution in [2.24, 2.45) is 5.73 Å². The molecule has 23 heavy (non-hydrogen) atoms. The van der Waals surface area contributed by atoms with E-state index < -0.39 is 0 Å². The second kappa shape index (κ2) is 8.39. The predicted octanol–water partition coefficient (Wildman–Crippen LogP) is 3.29. The molecule has 1 heterocycles. The molecule has 1 aromatic carbocycles. The molecule has 0 amide bonds. The summed E-state index contributed by atoms with van der Waals surface area (Å²) >= 11 is 1.72. The van der Waals surface area contributed by atoms with Gasteiger partial charge in [0.05, 0.1) is 6.61 Å². The molecule has 0 aromatic heterocycles. The van der Waals surface area contributed by atoms with Gasteiger partial charge in [-0.15, -0.1) is 11.8 Å². The molecular formula is C18H19NO3S. The molecule has 0 spiro atoms. The first-order valence-electron chi connectivity index (χ1n) is 7.32. The molecule has 0 aliphatic carbocycles. The van der Waals surface area contributed by atoms with Crippen molar-refractivity contribution in [3.8, 4) is 5.75 Å². The molecule has 0 unspecified atom stereocenters. The van der Waals surface area contributed by atoms with Crippen molar-refractivity contribution in [3.05, 3.63) is 60.3 Å². The van der Waals surface area contributed by atoms with E-state index in [4.69, 9.17) is 10.5 Å². The van der Waals surface area contributed by atoms with Crippen molar-refractivity contribution in [3.63, 3.8) is 0 Å². The fourth-order valence-electron chi connectivity index (χ4n) is 2.20. The van der Waals surface area contributed by atoms with Gasteiger partial charge in [0.2, 0.25) is 0 Å². The molecular weight excluding hydrogens is 310 g/mol. The van der Waals surface area contributed by atoms with Gasteiger partial charge in [-0.2, -0.15) is 0 Å². The maximum atomic E-state index is 12.3. The topological polar surface area (TPSA) is 69.4 Å². The molecule has 0 saturated heterocycles. The Morgan fingerprint density at radius 2 is 2.17 bits per heavy atom. The van der Waals surface area contributed by atoms with E-state index in [1.165, 1.54) is 18.4 Å². The first kappa shape index (κ1) is 17.1. The van der Waals surface area contributed by atoms with Crippen LogP contribution in [0.2, 0.25) is 0 Å². The van der Waals surface area contributed by atoms with Gasteiger partial charge in [0.25, 0.3) is 0 Å². The molecule has 1 aromatic rings. The van der Waals surface area contributed by atoms with E-state index >= 15 is 0 Å². The third-order valence-corrected chi connectivity index (χ3v) is 4.36. The van der Waals surface area contributed by atoms with Gasteiger partial charge in [-0.3, -0.25) is 9.59 Å². The van der Waals surface area contributed by atoms with E-state index in [2.05, 4.69) is 6.58 Å². The van der Waals surface area contributed by atoms with E-state index in [1.54, 1.807) is 30.0 Å². The number of benzene rings is 1. The zero-order chi connectivity index (χ0) is 16.7. The minimum absolute atomic E-state index is 0.0741. The molecule has 0 fully saturated rings. The molecule has 4 nitrogen and oxygen atoms in total. The predicted molar refractivity (Wildman–Crippen MR) is 92.8 cm³/mol. The van der Waals surface area contributed by atoms with Crippen molar-refractivity contribution in [2.45, 2.75) is 17.7 Å². The number of carbonyl (C=O) groups is 2. The smallest absolute Gasteiger partial charge is 0.163 e. The zero-order valence-electron chi connectivity index (χ0n) is 12.8. The average Bonchev–Trinajstić information content (AvgIpc) is 2.58. The van der Waals surface area contributed by atoms with Gasteiger partial charge < -0.3 is 10.5 Å². The van der Waals surface area contributed by atoms with Crippen LogP contribution in [0.4, 0.5) is 0 Å². The van der Waals surface area contributed by atoms with Gasteiger partial charge in [-0.1, -0.05) is 24.8 Å². The van der Waals surface area contributed by atoms with E-state index in [0.717, 1.165) is 16.4 Å². The quantitative estimate of drug-likeness (QED) is 0.472. The van der Waals surface area contributed by atoms with Crippen LogP contribution >= 0.6 is 11.8 Å². The molecule has 2 N–H and O–H groups in total. The largest absolute Gasteiger partial charge is 0.492 e. The summed E-state index contributed by atoms with van der Waals surface area (Å²) in [6, 6.07) is 5.44. The zero-order valence-corrected chi connectivity index (χ0v) is 13.6. The van der Waals surface area contributed by atoms with Crippen LogP contribution in [0.15, 0.2) is 59.7 Å². The van der Waals surface area contributed by atoms with Crippen molar-refractivity contribution in [1.29, 1.82) is 0 Å². The van der Waals surface area contributed by atoms with Gasteiger partial charge >= 0.3 is 0 Å². The highest BCUT2D eigenvalue weighted by atomic mass is 32.2. The Labute approximate surface area is 140 Å². The molecule has 120 valence electrons. The molecule has 5 heteroatoms. The number of thioether (sulfide) groups is 1. The molecule has 1 aliphatic rings. The van der Waals surface area contributed by atoms with Gasteiger partial charge in [-0.05, 0) is 24.4 Å². The fourth-order valence-corrected chi connectivity index (χ4v) is 3.02. The molecule has 2 rings (SSSR count). The van der Waals surface area contributed by atoms with Gasteiger partial charge in [-0.25, -0.2) is 0 Å². The Morgan fingerprint density at radius 1 is 1.35 bits per heavy atom. The van der Waals surface area contributed by atoms with Gasteiger partial charge in [0, 0.05) is 34.6 Å². The lowest BCUT2D eigenvalue weighted by atomic mass is 10.0. The summed E-state index contributed by atoms with van der Waals surface area (Å²) in [4.78, 5) is 25.4. The number of rotatable bonds is 7. The van der Waals surface area contributed by atoms with Crippen LogP contribution in [0.3, 0.4) is 0 Å². The highest BCUT2D eigenvalue weighted by Crippen LogP contribution is 2.34. The van der Waals surface area contributed by atoms with Crippen molar-refractivity contribution in [1.82, 2.24) is 0 Å². The first-order chi connectivity index (χ1) is 11.2. The number of Topliss-reactive ketones (excluding diaryl/α,β-unsaturated/α-hetero) is 2. The van der Waals surface area contributed by atoms with Crippen LogP contribution in [0.1, 0.15) is 23.2 Å². The Bertz CT molecular complexity index is 677. The Balaban J connectivity index is 2.00. The number of allylic oxidation sites excluding steroid dienone is 4. The number of carbonyl (C=O) groups excluding carboxylic acids is 2. The number of ether oxygens (including phenoxy) is 1. The third kappa shape index (κ3) is 4.60. The Kier molecular flexibility index (Phi) is 6.23. The molecule has 0 radical (unpaired) electrons. The van der Waals surface area contributed by atoms with Crippen LogP contribution in [-0.4, -0.2) is 23.9 Å². The molecule has 0 bridgehead atoms. The van der Waals surface area contributed by atoms with E-state index in [-0.39, 0.29) is 24.4 Å². The number of fused-ring (bicyclic) bond motifs is 1. The number of nitrogens with two attached hydrogens (primary N) is 1. The Hall–Kier alpha value is -2.27. The van der Waals surface area contributed by atoms with Crippen molar-refractivity contribution >= 4 is 23.3 Å². The fraction of sp³-hybridized carbons (Fsp3) is 0.222. The SMILES string of the molecule is C=C/C=C(\C=C/N)C(=O)CCC(=O)c1ccc2c(c1)OCCS2. The van der Waals surface area contributed by atoms with Crippen LogP contribution in [0.5, 0.6) is 5.75 Å². The Morgan fingerprint density at radius 3 is 2.91 bits per heavy atom. The monoisotopic (exact) mass is 329 g/mol. The van der Waals surface area contributed by atoms with Crippen molar-refractivity contribution in [2.75, 3.05) is 12.4 Å². The molecule has 1 aliphatic heterocycles. The van der Waals surface area contributed by atoms with Crippen LogP contribution in [0, 0.1) is 0 Å². The van der Waals surface area contributed by atoms with E-state index in [0.29, 0.717) is 17.7 Å². The highest BCUT2D eigenvalue weighted by molar-refractivity contribution is 7.99. The minimum atomic E-state index is -0.135. The van der Waals surface area contributed by atoms with Crippen LogP contribution < -0.4 is 10.5 Å². The summed E-state index contributed by atoms with van der Waals surface area (Å²) in [5, 5.41) is 0. The van der Waals surface area contributed by atoms with E-state index in [1.807, 2.05) is 6.07 Å². The summed E-state index contributed by atoms with van der Waals surface area (Å²) in [7, 11) is 0. The second-order valence-corrected chi connectivity index (χ2v) is 6.06. The maximum absolute atomic E-state index is 12.3. The lowest BCUT2D eigenvalue weighted by Gasteiger charge is -2.17. The van der Waals surface area contributed by atoms with Crippen molar-refractivity contribution < 1.29 is 14.3 Å². The first-order valence-corrected chi connectivity index (χ1v) is 8.31. The lowest BCUT2D eigenvalue weighted by Crippen LogP contribution is -2.09. The molecule has 0 atom stereocenters. The van der Waals surface area contributed by atoms with Crippen LogP contribution in [-0.2, 0) is 4.79 Å². The number of ketones is 2. The third-order valence-electron chi connectivity index (χ3n) is 3.34. The number of hydrogen-bond acceptors (Lipinski definition) is 5. The summed E-state index contributed by atoms with van der Waals surface area (Å²) in [6.45, 7) is 4.21. The summed E-state index contributed by atoms with van der Waals surface area (Å²) < 4.78 is 5.56.